The van der Waals surface area contributed by atoms with Gasteiger partial charge < -0.3 is 19.3 Å². The van der Waals surface area contributed by atoms with Crippen LogP contribution in [0.25, 0.3) is 0 Å². The van der Waals surface area contributed by atoms with Crippen LogP contribution >= 0.6 is 0 Å². The van der Waals surface area contributed by atoms with E-state index < -0.39 is 11.9 Å². The zero-order chi connectivity index (χ0) is 14.0. The van der Waals surface area contributed by atoms with Crippen LogP contribution in [-0.4, -0.2) is 36.3 Å². The van der Waals surface area contributed by atoms with E-state index in [0.29, 0.717) is 38.0 Å². The van der Waals surface area contributed by atoms with Gasteiger partial charge >= 0.3 is 0 Å². The lowest BCUT2D eigenvalue weighted by atomic mass is 9.89. The number of aliphatic hydroxyl groups is 1. The second kappa shape index (κ2) is 5.77. The fraction of sp³-hybridized carbons (Fsp3) is 0.600. The van der Waals surface area contributed by atoms with E-state index in [-0.39, 0.29) is 18.5 Å². The molecule has 2 aliphatic rings. The number of rotatable bonds is 3. The first-order valence-corrected chi connectivity index (χ1v) is 6.99. The first-order chi connectivity index (χ1) is 9.69. The Morgan fingerprint density at radius 3 is 2.80 bits per heavy atom. The van der Waals surface area contributed by atoms with Gasteiger partial charge in [0, 0.05) is 18.4 Å². The minimum Gasteiger partial charge on any atom is -0.390 e. The van der Waals surface area contributed by atoms with Crippen molar-refractivity contribution in [3.63, 3.8) is 0 Å². The second-order valence-corrected chi connectivity index (χ2v) is 5.36. The van der Waals surface area contributed by atoms with Crippen LogP contribution < -0.4 is 0 Å². The maximum absolute atomic E-state index is 13.5. The Morgan fingerprint density at radius 1 is 1.30 bits per heavy atom. The number of hydrogen-bond donors (Lipinski definition) is 1. The van der Waals surface area contributed by atoms with E-state index in [1.54, 1.807) is 18.2 Å². The van der Waals surface area contributed by atoms with Gasteiger partial charge in [-0.1, -0.05) is 18.2 Å². The van der Waals surface area contributed by atoms with Crippen molar-refractivity contribution in [3.8, 4) is 0 Å². The summed E-state index contributed by atoms with van der Waals surface area (Å²) in [7, 11) is 0. The lowest BCUT2D eigenvalue weighted by molar-refractivity contribution is -0.223. The summed E-state index contributed by atoms with van der Waals surface area (Å²) in [6, 6.07) is 6.50. The van der Waals surface area contributed by atoms with E-state index in [2.05, 4.69) is 0 Å². The lowest BCUT2D eigenvalue weighted by Crippen LogP contribution is -2.46. The Balaban J connectivity index is 1.62. The smallest absolute Gasteiger partial charge is 0.171 e. The molecule has 2 unspecified atom stereocenters. The van der Waals surface area contributed by atoms with Crippen molar-refractivity contribution in [2.45, 2.75) is 43.9 Å². The summed E-state index contributed by atoms with van der Waals surface area (Å²) < 4.78 is 30.5. The summed E-state index contributed by atoms with van der Waals surface area (Å²) in [5.74, 6) is -0.903. The number of halogens is 1. The second-order valence-electron chi connectivity index (χ2n) is 5.36. The van der Waals surface area contributed by atoms with Crippen molar-refractivity contribution in [1.82, 2.24) is 0 Å². The van der Waals surface area contributed by atoms with Crippen molar-refractivity contribution in [2.24, 2.45) is 0 Å². The fourth-order valence-corrected chi connectivity index (χ4v) is 2.84. The highest BCUT2D eigenvalue weighted by atomic mass is 19.1. The third-order valence-electron chi connectivity index (χ3n) is 3.99. The SMILES string of the molecule is OC1CCC2(CC1OCc1ccccc1F)OCCO2. The van der Waals surface area contributed by atoms with Crippen molar-refractivity contribution in [3.05, 3.63) is 35.6 Å². The van der Waals surface area contributed by atoms with Crippen LogP contribution in [0.4, 0.5) is 4.39 Å². The molecule has 3 rings (SSSR count). The predicted octanol–water partition coefficient (Wildman–Crippen LogP) is 2.00. The third kappa shape index (κ3) is 2.86. The number of benzene rings is 1. The number of hydrogen-bond acceptors (Lipinski definition) is 4. The van der Waals surface area contributed by atoms with Gasteiger partial charge in [0.15, 0.2) is 5.79 Å². The molecule has 2 atom stereocenters. The Kier molecular flexibility index (Phi) is 4.03. The topological polar surface area (TPSA) is 47.9 Å². The van der Waals surface area contributed by atoms with Gasteiger partial charge in [0.2, 0.25) is 0 Å². The van der Waals surface area contributed by atoms with Crippen LogP contribution in [0.3, 0.4) is 0 Å². The van der Waals surface area contributed by atoms with Crippen LogP contribution in [0, 0.1) is 5.82 Å². The zero-order valence-corrected chi connectivity index (χ0v) is 11.3. The van der Waals surface area contributed by atoms with Gasteiger partial charge in [-0.15, -0.1) is 0 Å². The van der Waals surface area contributed by atoms with Gasteiger partial charge in [-0.3, -0.25) is 0 Å². The Morgan fingerprint density at radius 2 is 2.05 bits per heavy atom. The quantitative estimate of drug-likeness (QED) is 0.921. The van der Waals surface area contributed by atoms with Crippen LogP contribution in [0.15, 0.2) is 24.3 Å². The summed E-state index contributed by atoms with van der Waals surface area (Å²) in [4.78, 5) is 0. The van der Waals surface area contributed by atoms with E-state index in [1.165, 1.54) is 6.07 Å². The summed E-state index contributed by atoms with van der Waals surface area (Å²) in [5, 5.41) is 10.0. The van der Waals surface area contributed by atoms with Crippen LogP contribution in [0.2, 0.25) is 0 Å². The van der Waals surface area contributed by atoms with E-state index in [0.717, 1.165) is 0 Å². The van der Waals surface area contributed by atoms with Gasteiger partial charge in [0.05, 0.1) is 32.0 Å². The average Bonchev–Trinajstić information content (AvgIpc) is 2.90. The molecule has 1 aliphatic heterocycles. The summed E-state index contributed by atoms with van der Waals surface area (Å²) in [5.41, 5.74) is 0.493. The van der Waals surface area contributed by atoms with Crippen LogP contribution in [0.5, 0.6) is 0 Å². The molecule has 5 heteroatoms. The van der Waals surface area contributed by atoms with Gasteiger partial charge in [-0.25, -0.2) is 4.39 Å². The average molecular weight is 282 g/mol. The molecule has 0 amide bonds. The van der Waals surface area contributed by atoms with E-state index in [9.17, 15) is 9.50 Å². The Hall–Kier alpha value is -1.01. The minimum absolute atomic E-state index is 0.143. The first-order valence-electron chi connectivity index (χ1n) is 6.99. The van der Waals surface area contributed by atoms with E-state index in [1.807, 2.05) is 0 Å². The molecule has 1 spiro atoms. The van der Waals surface area contributed by atoms with Crippen molar-refractivity contribution >= 4 is 0 Å². The third-order valence-corrected chi connectivity index (χ3v) is 3.99. The minimum atomic E-state index is -0.612. The molecule has 1 saturated carbocycles. The monoisotopic (exact) mass is 282 g/mol. The summed E-state index contributed by atoms with van der Waals surface area (Å²) in [6.07, 6.45) is 0.791. The molecule has 0 radical (unpaired) electrons. The first kappa shape index (κ1) is 13.9. The number of aliphatic hydroxyl groups excluding tert-OH is 1. The molecule has 2 fully saturated rings. The van der Waals surface area contributed by atoms with Crippen LogP contribution in [0.1, 0.15) is 24.8 Å². The Bertz CT molecular complexity index is 459. The van der Waals surface area contributed by atoms with E-state index in [4.69, 9.17) is 14.2 Å². The van der Waals surface area contributed by atoms with Gasteiger partial charge in [-0.2, -0.15) is 0 Å². The number of ether oxygens (including phenoxy) is 3. The molecule has 1 aromatic rings. The highest BCUT2D eigenvalue weighted by molar-refractivity contribution is 5.16. The molecule has 4 nitrogen and oxygen atoms in total. The molecule has 110 valence electrons. The maximum atomic E-state index is 13.5. The molecule has 0 aromatic heterocycles. The van der Waals surface area contributed by atoms with Gasteiger partial charge in [-0.05, 0) is 12.5 Å². The molecule has 20 heavy (non-hydrogen) atoms. The lowest BCUT2D eigenvalue weighted by Gasteiger charge is -2.38. The normalized spacial score (nSPS) is 28.9. The maximum Gasteiger partial charge on any atom is 0.171 e. The van der Waals surface area contributed by atoms with Crippen LogP contribution in [-0.2, 0) is 20.8 Å². The molecule has 1 aliphatic carbocycles. The highest BCUT2D eigenvalue weighted by Gasteiger charge is 2.45. The fourth-order valence-electron chi connectivity index (χ4n) is 2.84. The predicted molar refractivity (Wildman–Crippen MR) is 69.5 cm³/mol. The van der Waals surface area contributed by atoms with Crippen molar-refractivity contribution < 1.29 is 23.7 Å². The molecular weight excluding hydrogens is 263 g/mol. The summed E-state index contributed by atoms with van der Waals surface area (Å²) in [6.45, 7) is 1.30. The molecule has 1 heterocycles. The largest absolute Gasteiger partial charge is 0.390 e. The molecule has 1 saturated heterocycles. The standard InChI is InChI=1S/C15H19FO4/c16-12-4-2-1-3-11(12)10-18-14-9-15(6-5-13(14)17)19-7-8-20-15/h1-4,13-14,17H,5-10H2. The van der Waals surface area contributed by atoms with Crippen molar-refractivity contribution in [2.75, 3.05) is 13.2 Å². The van der Waals surface area contributed by atoms with Crippen molar-refractivity contribution in [1.29, 1.82) is 0 Å². The Labute approximate surface area is 117 Å². The molecular formula is C15H19FO4. The molecule has 0 bridgehead atoms. The molecule has 1 aromatic carbocycles. The zero-order valence-electron chi connectivity index (χ0n) is 11.3. The van der Waals surface area contributed by atoms with Gasteiger partial charge in [0.25, 0.3) is 0 Å². The van der Waals surface area contributed by atoms with E-state index >= 15 is 0 Å². The van der Waals surface area contributed by atoms with Gasteiger partial charge in [0.1, 0.15) is 5.82 Å². The molecule has 1 N–H and O–H groups in total. The highest BCUT2D eigenvalue weighted by Crippen LogP contribution is 2.37. The summed E-state index contributed by atoms with van der Waals surface area (Å²) >= 11 is 0.